The number of esters is 1. The van der Waals surface area contributed by atoms with Gasteiger partial charge in [0.2, 0.25) is 11.8 Å². The van der Waals surface area contributed by atoms with Crippen LogP contribution in [0, 0.1) is 6.92 Å². The second-order valence-corrected chi connectivity index (χ2v) is 7.93. The van der Waals surface area contributed by atoms with Crippen LogP contribution in [0.2, 0.25) is 0 Å². The maximum absolute atomic E-state index is 12.6. The molecule has 28 heavy (non-hydrogen) atoms. The Bertz CT molecular complexity index is 902. The van der Waals surface area contributed by atoms with Crippen molar-refractivity contribution in [3.8, 4) is 0 Å². The van der Waals surface area contributed by atoms with E-state index in [4.69, 9.17) is 4.74 Å². The van der Waals surface area contributed by atoms with Crippen molar-refractivity contribution in [2.45, 2.75) is 40.2 Å². The van der Waals surface area contributed by atoms with Crippen LogP contribution in [0.1, 0.15) is 45.8 Å². The quantitative estimate of drug-likeness (QED) is 0.781. The predicted molar refractivity (Wildman–Crippen MR) is 109 cm³/mol. The van der Waals surface area contributed by atoms with Crippen LogP contribution < -0.4 is 5.32 Å². The minimum absolute atomic E-state index is 0.00157. The summed E-state index contributed by atoms with van der Waals surface area (Å²) in [6.07, 6.45) is 0.804. The van der Waals surface area contributed by atoms with Crippen LogP contribution in [0.3, 0.4) is 0 Å². The highest BCUT2D eigenvalue weighted by Crippen LogP contribution is 2.37. The number of carbonyl (C=O) groups is 3. The standard InChI is InChI=1S/C21H24N2O4S/c1-4-27-21(26)19-16-9-10-23(14(3)24)12-17(16)28-20(19)22-18(25)11-15-7-5-13(2)6-8-15/h5-8H,4,9-12H2,1-3H3,(H,22,25). The molecular formula is C21H24N2O4S. The van der Waals surface area contributed by atoms with Gasteiger partial charge in [-0.2, -0.15) is 0 Å². The minimum Gasteiger partial charge on any atom is -0.462 e. The average molecular weight is 401 g/mol. The molecule has 2 aromatic rings. The molecule has 3 rings (SSSR count). The fraction of sp³-hybridized carbons (Fsp3) is 0.381. The van der Waals surface area contributed by atoms with Gasteiger partial charge in [-0.1, -0.05) is 29.8 Å². The Morgan fingerprint density at radius 3 is 2.57 bits per heavy atom. The van der Waals surface area contributed by atoms with Gasteiger partial charge in [0.15, 0.2) is 0 Å². The molecule has 0 bridgehead atoms. The molecule has 0 atom stereocenters. The second-order valence-electron chi connectivity index (χ2n) is 6.83. The number of benzene rings is 1. The molecule has 1 aromatic carbocycles. The molecule has 1 aliphatic rings. The van der Waals surface area contributed by atoms with Gasteiger partial charge in [0, 0.05) is 18.3 Å². The highest BCUT2D eigenvalue weighted by molar-refractivity contribution is 7.17. The third-order valence-electron chi connectivity index (χ3n) is 4.72. The summed E-state index contributed by atoms with van der Waals surface area (Å²) in [5, 5.41) is 3.40. The summed E-state index contributed by atoms with van der Waals surface area (Å²) in [7, 11) is 0. The summed E-state index contributed by atoms with van der Waals surface area (Å²) in [6, 6.07) is 7.77. The van der Waals surface area contributed by atoms with Crippen molar-refractivity contribution < 1.29 is 19.1 Å². The Kier molecular flexibility index (Phi) is 6.14. The first-order valence-electron chi connectivity index (χ1n) is 9.31. The lowest BCUT2D eigenvalue weighted by Crippen LogP contribution is -2.34. The number of ether oxygens (including phenoxy) is 1. The molecule has 1 N–H and O–H groups in total. The van der Waals surface area contributed by atoms with E-state index in [1.165, 1.54) is 18.3 Å². The molecule has 0 unspecified atom stereocenters. The highest BCUT2D eigenvalue weighted by atomic mass is 32.1. The monoisotopic (exact) mass is 400 g/mol. The average Bonchev–Trinajstić information content (AvgIpc) is 3.00. The van der Waals surface area contributed by atoms with Crippen molar-refractivity contribution in [1.82, 2.24) is 4.90 Å². The van der Waals surface area contributed by atoms with E-state index in [9.17, 15) is 14.4 Å². The number of hydrogen-bond donors (Lipinski definition) is 1. The van der Waals surface area contributed by atoms with Crippen molar-refractivity contribution in [3.05, 3.63) is 51.4 Å². The molecular weight excluding hydrogens is 376 g/mol. The van der Waals surface area contributed by atoms with Crippen molar-refractivity contribution in [2.75, 3.05) is 18.5 Å². The fourth-order valence-corrected chi connectivity index (χ4v) is 4.51. The van der Waals surface area contributed by atoms with Crippen LogP contribution >= 0.6 is 11.3 Å². The van der Waals surface area contributed by atoms with E-state index in [2.05, 4.69) is 5.32 Å². The zero-order valence-electron chi connectivity index (χ0n) is 16.3. The van der Waals surface area contributed by atoms with Crippen LogP contribution in [0.15, 0.2) is 24.3 Å². The van der Waals surface area contributed by atoms with Gasteiger partial charge in [0.05, 0.1) is 25.1 Å². The minimum atomic E-state index is -0.429. The maximum atomic E-state index is 12.6. The molecule has 2 amide bonds. The topological polar surface area (TPSA) is 75.7 Å². The molecule has 0 aliphatic carbocycles. The molecule has 148 valence electrons. The van der Waals surface area contributed by atoms with Crippen LogP contribution in [0.5, 0.6) is 0 Å². The number of anilines is 1. The van der Waals surface area contributed by atoms with Crippen molar-refractivity contribution in [2.24, 2.45) is 0 Å². The number of thiophene rings is 1. The molecule has 0 fully saturated rings. The molecule has 6 nitrogen and oxygen atoms in total. The van der Waals surface area contributed by atoms with Crippen LogP contribution in [-0.4, -0.2) is 35.8 Å². The Balaban J connectivity index is 1.84. The van der Waals surface area contributed by atoms with E-state index < -0.39 is 5.97 Å². The van der Waals surface area contributed by atoms with E-state index in [-0.39, 0.29) is 24.8 Å². The lowest BCUT2D eigenvalue weighted by molar-refractivity contribution is -0.129. The van der Waals surface area contributed by atoms with Crippen LogP contribution in [-0.2, 0) is 33.7 Å². The molecule has 7 heteroatoms. The first kappa shape index (κ1) is 20.1. The van der Waals surface area contributed by atoms with Gasteiger partial charge in [-0.15, -0.1) is 11.3 Å². The number of hydrogen-bond acceptors (Lipinski definition) is 5. The first-order valence-corrected chi connectivity index (χ1v) is 10.1. The SMILES string of the molecule is CCOC(=O)c1c(NC(=O)Cc2ccc(C)cc2)sc2c1CCN(C(C)=O)C2. The smallest absolute Gasteiger partial charge is 0.341 e. The van der Waals surface area contributed by atoms with E-state index in [1.54, 1.807) is 11.8 Å². The van der Waals surface area contributed by atoms with Crippen LogP contribution in [0.25, 0.3) is 0 Å². The summed E-state index contributed by atoms with van der Waals surface area (Å²) >= 11 is 1.35. The number of amides is 2. The third kappa shape index (κ3) is 4.42. The van der Waals surface area contributed by atoms with Gasteiger partial charge >= 0.3 is 5.97 Å². The van der Waals surface area contributed by atoms with Gasteiger partial charge in [-0.25, -0.2) is 4.79 Å². The van der Waals surface area contributed by atoms with Gasteiger partial charge in [0.1, 0.15) is 5.00 Å². The third-order valence-corrected chi connectivity index (χ3v) is 5.85. The Morgan fingerprint density at radius 2 is 1.93 bits per heavy atom. The van der Waals surface area contributed by atoms with Gasteiger partial charge in [-0.3, -0.25) is 9.59 Å². The second kappa shape index (κ2) is 8.56. The number of aryl methyl sites for hydroxylation is 1. The number of nitrogens with zero attached hydrogens (tertiary/aromatic N) is 1. The van der Waals surface area contributed by atoms with Crippen molar-refractivity contribution in [3.63, 3.8) is 0 Å². The van der Waals surface area contributed by atoms with Crippen molar-refractivity contribution in [1.29, 1.82) is 0 Å². The van der Waals surface area contributed by atoms with Gasteiger partial charge in [0.25, 0.3) is 0 Å². The number of carbonyl (C=O) groups excluding carboxylic acids is 3. The van der Waals surface area contributed by atoms with Crippen LogP contribution in [0.4, 0.5) is 5.00 Å². The highest BCUT2D eigenvalue weighted by Gasteiger charge is 2.30. The molecule has 2 heterocycles. The van der Waals surface area contributed by atoms with Gasteiger partial charge < -0.3 is 15.0 Å². The summed E-state index contributed by atoms with van der Waals surface area (Å²) in [6.45, 7) is 6.56. The van der Waals surface area contributed by atoms with E-state index in [0.717, 1.165) is 21.6 Å². The van der Waals surface area contributed by atoms with Gasteiger partial charge in [-0.05, 0) is 31.4 Å². The Hall–Kier alpha value is -2.67. The number of fused-ring (bicyclic) bond motifs is 1. The summed E-state index contributed by atoms with van der Waals surface area (Å²) in [4.78, 5) is 39.5. The lowest BCUT2D eigenvalue weighted by atomic mass is 10.0. The number of rotatable bonds is 5. The Morgan fingerprint density at radius 1 is 1.21 bits per heavy atom. The fourth-order valence-electron chi connectivity index (χ4n) is 3.24. The largest absolute Gasteiger partial charge is 0.462 e. The Labute approximate surface area is 168 Å². The maximum Gasteiger partial charge on any atom is 0.341 e. The zero-order chi connectivity index (χ0) is 20.3. The summed E-state index contributed by atoms with van der Waals surface area (Å²) in [5.41, 5.74) is 3.36. The molecule has 0 saturated carbocycles. The molecule has 0 spiro atoms. The summed E-state index contributed by atoms with van der Waals surface area (Å²) < 4.78 is 5.22. The molecule has 0 saturated heterocycles. The van der Waals surface area contributed by atoms with E-state index in [1.807, 2.05) is 31.2 Å². The zero-order valence-corrected chi connectivity index (χ0v) is 17.1. The molecule has 1 aliphatic heterocycles. The van der Waals surface area contributed by atoms with Crippen molar-refractivity contribution >= 4 is 34.1 Å². The normalized spacial score (nSPS) is 13.0. The first-order chi connectivity index (χ1) is 13.4. The van der Waals surface area contributed by atoms with E-state index in [0.29, 0.717) is 30.1 Å². The summed E-state index contributed by atoms with van der Waals surface area (Å²) in [5.74, 6) is -0.611. The predicted octanol–water partition coefficient (Wildman–Crippen LogP) is 3.32. The number of nitrogens with one attached hydrogen (secondary N) is 1. The lowest BCUT2D eigenvalue weighted by Gasteiger charge is -2.25. The molecule has 0 radical (unpaired) electrons. The molecule has 1 aromatic heterocycles. The van der Waals surface area contributed by atoms with E-state index >= 15 is 0 Å².